The lowest BCUT2D eigenvalue weighted by Crippen LogP contribution is -2.05. The number of aromatic nitrogens is 2. The molecular weight excluding hydrogens is 290 g/mol. The zero-order valence-corrected chi connectivity index (χ0v) is 13.0. The Morgan fingerprint density at radius 3 is 2.81 bits per heavy atom. The third kappa shape index (κ3) is 5.04. The number of hydrogen-bond acceptors (Lipinski definition) is 4. The fraction of sp³-hybridized carbons (Fsp3) is 0.400. The normalized spacial score (nSPS) is 10.2. The summed E-state index contributed by atoms with van der Waals surface area (Å²) in [5, 5.41) is 4.35. The molecule has 116 valence electrons. The molecule has 0 saturated carbocycles. The molecule has 6 heteroatoms. The van der Waals surface area contributed by atoms with Crippen molar-refractivity contribution in [1.29, 1.82) is 0 Å². The first-order chi connectivity index (χ1) is 9.85. The second-order valence-electron chi connectivity index (χ2n) is 4.47. The summed E-state index contributed by atoms with van der Waals surface area (Å²) in [7, 11) is 1.66. The number of methoxy groups -OCH3 is 1. The van der Waals surface area contributed by atoms with Crippen molar-refractivity contribution in [1.82, 2.24) is 9.78 Å². The number of nitrogens with two attached hydrogens (primary N) is 1. The predicted octanol–water partition coefficient (Wildman–Crippen LogP) is 2.35. The summed E-state index contributed by atoms with van der Waals surface area (Å²) in [6.07, 6.45) is 4.80. The van der Waals surface area contributed by atoms with Crippen LogP contribution in [0.1, 0.15) is 6.42 Å². The highest BCUT2D eigenvalue weighted by Crippen LogP contribution is 2.29. The van der Waals surface area contributed by atoms with Gasteiger partial charge in [-0.2, -0.15) is 5.10 Å². The molecule has 0 fully saturated rings. The van der Waals surface area contributed by atoms with E-state index in [2.05, 4.69) is 5.10 Å². The molecule has 1 aromatic heterocycles. The van der Waals surface area contributed by atoms with Gasteiger partial charge in [0.15, 0.2) is 0 Å². The van der Waals surface area contributed by atoms with Crippen LogP contribution in [0, 0.1) is 0 Å². The molecule has 0 unspecified atom stereocenters. The van der Waals surface area contributed by atoms with E-state index in [1.807, 2.05) is 41.3 Å². The molecule has 0 amide bonds. The maximum absolute atomic E-state index is 5.74. The Hall–Kier alpha value is -1.56. The van der Waals surface area contributed by atoms with E-state index in [9.17, 15) is 0 Å². The van der Waals surface area contributed by atoms with Crippen molar-refractivity contribution in [2.24, 2.45) is 5.73 Å². The predicted molar refractivity (Wildman–Crippen MR) is 86.0 cm³/mol. The van der Waals surface area contributed by atoms with Crippen molar-refractivity contribution in [2.45, 2.75) is 13.0 Å². The van der Waals surface area contributed by atoms with Gasteiger partial charge in [-0.1, -0.05) is 18.2 Å². The van der Waals surface area contributed by atoms with Crippen molar-refractivity contribution < 1.29 is 9.47 Å². The van der Waals surface area contributed by atoms with Gasteiger partial charge in [0.25, 0.3) is 0 Å². The Balaban J connectivity index is 0.00000220. The Kier molecular flexibility index (Phi) is 7.82. The fourth-order valence-electron chi connectivity index (χ4n) is 1.94. The summed E-state index contributed by atoms with van der Waals surface area (Å²) in [5.41, 5.74) is 7.61. The number of halogens is 1. The van der Waals surface area contributed by atoms with Crippen molar-refractivity contribution in [3.63, 3.8) is 0 Å². The van der Waals surface area contributed by atoms with Crippen LogP contribution in [0.2, 0.25) is 0 Å². The lowest BCUT2D eigenvalue weighted by molar-refractivity contribution is 0.146. The van der Waals surface area contributed by atoms with Gasteiger partial charge in [0, 0.05) is 31.0 Å². The molecule has 0 bridgehead atoms. The molecule has 1 heterocycles. The lowest BCUT2D eigenvalue weighted by Gasteiger charge is -2.09. The van der Waals surface area contributed by atoms with Gasteiger partial charge in [0.1, 0.15) is 12.4 Å². The van der Waals surface area contributed by atoms with Gasteiger partial charge in [-0.15, -0.1) is 12.4 Å². The van der Waals surface area contributed by atoms with Crippen LogP contribution in [0.3, 0.4) is 0 Å². The molecule has 2 aromatic rings. The average molecular weight is 312 g/mol. The summed E-state index contributed by atoms with van der Waals surface area (Å²) in [4.78, 5) is 0. The van der Waals surface area contributed by atoms with Gasteiger partial charge in [0.05, 0.1) is 12.8 Å². The zero-order valence-electron chi connectivity index (χ0n) is 12.2. The molecule has 0 aliphatic carbocycles. The number of ether oxygens (including phenoxy) is 2. The summed E-state index contributed by atoms with van der Waals surface area (Å²) in [6, 6.07) is 7.95. The largest absolute Gasteiger partial charge is 0.491 e. The van der Waals surface area contributed by atoms with E-state index < -0.39 is 0 Å². The molecule has 2 rings (SSSR count). The highest BCUT2D eigenvalue weighted by atomic mass is 35.5. The lowest BCUT2D eigenvalue weighted by atomic mass is 10.1. The quantitative estimate of drug-likeness (QED) is 0.760. The topological polar surface area (TPSA) is 62.3 Å². The molecule has 5 nitrogen and oxygen atoms in total. The Bertz CT molecular complexity index is 531. The van der Waals surface area contributed by atoms with E-state index in [0.29, 0.717) is 19.8 Å². The molecule has 2 N–H and O–H groups in total. The van der Waals surface area contributed by atoms with Crippen molar-refractivity contribution >= 4 is 12.4 Å². The van der Waals surface area contributed by atoms with Gasteiger partial charge in [-0.05, 0) is 19.0 Å². The molecule has 0 spiro atoms. The van der Waals surface area contributed by atoms with Crippen LogP contribution in [-0.2, 0) is 11.3 Å². The van der Waals surface area contributed by atoms with Crippen LogP contribution >= 0.6 is 12.4 Å². The van der Waals surface area contributed by atoms with Crippen LogP contribution in [0.5, 0.6) is 5.75 Å². The van der Waals surface area contributed by atoms with E-state index in [-0.39, 0.29) is 12.4 Å². The molecule has 0 radical (unpaired) electrons. The average Bonchev–Trinajstić information content (AvgIpc) is 2.94. The Morgan fingerprint density at radius 2 is 2.05 bits per heavy atom. The minimum absolute atomic E-state index is 0. The Labute approximate surface area is 131 Å². The van der Waals surface area contributed by atoms with Crippen LogP contribution in [-0.4, -0.2) is 36.6 Å². The molecule has 0 aliphatic rings. The molecule has 0 saturated heterocycles. The minimum atomic E-state index is 0. The van der Waals surface area contributed by atoms with E-state index in [1.54, 1.807) is 7.11 Å². The molecule has 0 atom stereocenters. The van der Waals surface area contributed by atoms with E-state index in [4.69, 9.17) is 15.2 Å². The first-order valence-electron chi connectivity index (χ1n) is 6.79. The standard InChI is InChI=1S/C15H21N3O2.ClH/c1-19-9-10-20-15-6-3-2-5-14(15)13-11-17-18(12-13)8-4-7-16;/h2-3,5-6,11-12H,4,7-10,16H2,1H3;1H. The van der Waals surface area contributed by atoms with Gasteiger partial charge >= 0.3 is 0 Å². The van der Waals surface area contributed by atoms with Gasteiger partial charge in [0.2, 0.25) is 0 Å². The molecule has 0 aliphatic heterocycles. The summed E-state index contributed by atoms with van der Waals surface area (Å²) in [5.74, 6) is 0.850. The maximum atomic E-state index is 5.74. The first-order valence-corrected chi connectivity index (χ1v) is 6.79. The fourth-order valence-corrected chi connectivity index (χ4v) is 1.94. The van der Waals surface area contributed by atoms with Crippen LogP contribution in [0.15, 0.2) is 36.7 Å². The molecule has 1 aromatic carbocycles. The van der Waals surface area contributed by atoms with Crippen LogP contribution in [0.25, 0.3) is 11.1 Å². The molecule has 21 heavy (non-hydrogen) atoms. The van der Waals surface area contributed by atoms with Crippen molar-refractivity contribution in [2.75, 3.05) is 26.9 Å². The Morgan fingerprint density at radius 1 is 1.24 bits per heavy atom. The SMILES string of the molecule is COCCOc1ccccc1-c1cnn(CCCN)c1.Cl. The minimum Gasteiger partial charge on any atom is -0.491 e. The highest BCUT2D eigenvalue weighted by Gasteiger charge is 2.08. The monoisotopic (exact) mass is 311 g/mol. The first kappa shape index (κ1) is 17.5. The highest BCUT2D eigenvalue weighted by molar-refractivity contribution is 5.85. The third-order valence-corrected chi connectivity index (χ3v) is 2.97. The maximum Gasteiger partial charge on any atom is 0.127 e. The van der Waals surface area contributed by atoms with Gasteiger partial charge in [-0.3, -0.25) is 4.68 Å². The van der Waals surface area contributed by atoms with Gasteiger partial charge < -0.3 is 15.2 Å². The number of rotatable bonds is 8. The van der Waals surface area contributed by atoms with E-state index >= 15 is 0 Å². The second-order valence-corrected chi connectivity index (χ2v) is 4.47. The van der Waals surface area contributed by atoms with Crippen LogP contribution in [0.4, 0.5) is 0 Å². The number of benzene rings is 1. The number of hydrogen-bond donors (Lipinski definition) is 1. The zero-order chi connectivity index (χ0) is 14.2. The number of para-hydroxylation sites is 1. The summed E-state index contributed by atoms with van der Waals surface area (Å²) < 4.78 is 12.7. The second kappa shape index (κ2) is 9.39. The smallest absolute Gasteiger partial charge is 0.127 e. The molecular formula is C15H22ClN3O2. The van der Waals surface area contributed by atoms with Gasteiger partial charge in [-0.25, -0.2) is 0 Å². The summed E-state index contributed by atoms with van der Waals surface area (Å²) >= 11 is 0. The third-order valence-electron chi connectivity index (χ3n) is 2.97. The van der Waals surface area contributed by atoms with Crippen molar-refractivity contribution in [3.8, 4) is 16.9 Å². The summed E-state index contributed by atoms with van der Waals surface area (Å²) in [6.45, 7) is 2.62. The van der Waals surface area contributed by atoms with Crippen molar-refractivity contribution in [3.05, 3.63) is 36.7 Å². The number of aryl methyl sites for hydroxylation is 1. The van der Waals surface area contributed by atoms with Crippen LogP contribution < -0.4 is 10.5 Å². The number of nitrogens with zero attached hydrogens (tertiary/aromatic N) is 2. The van der Waals surface area contributed by atoms with E-state index in [0.717, 1.165) is 29.8 Å². The van der Waals surface area contributed by atoms with E-state index in [1.165, 1.54) is 0 Å².